The lowest BCUT2D eigenvalue weighted by molar-refractivity contribution is 0.131. The van der Waals surface area contributed by atoms with Gasteiger partial charge in [-0.3, -0.25) is 0 Å². The molecule has 0 heterocycles. The summed E-state index contributed by atoms with van der Waals surface area (Å²) in [6.07, 6.45) is 3.59. The fraction of sp³-hybridized carbons (Fsp3) is 1.00. The van der Waals surface area contributed by atoms with Crippen LogP contribution in [-0.2, 0) is 8.85 Å². The highest BCUT2D eigenvalue weighted by Crippen LogP contribution is 2.14. The topological polar surface area (TPSA) is 18.5 Å². The predicted octanol–water partition coefficient (Wildman–Crippen LogP) is 3.40. The molecule has 0 aliphatic heterocycles. The van der Waals surface area contributed by atoms with Gasteiger partial charge in [0.1, 0.15) is 0 Å². The second kappa shape index (κ2) is 8.50. The Labute approximate surface area is 98.2 Å². The third-order valence-corrected chi connectivity index (χ3v) is 8.26. The van der Waals surface area contributed by atoms with Crippen LogP contribution in [0.3, 0.4) is 0 Å². The van der Waals surface area contributed by atoms with Crippen LogP contribution in [0.5, 0.6) is 0 Å². The summed E-state index contributed by atoms with van der Waals surface area (Å²) >= 11 is 0. The second-order valence-electron chi connectivity index (χ2n) is 5.00. The van der Waals surface area contributed by atoms with Gasteiger partial charge >= 0.3 is 0 Å². The predicted molar refractivity (Wildman–Crippen MR) is 72.6 cm³/mol. The van der Waals surface area contributed by atoms with Crippen molar-refractivity contribution in [3.63, 3.8) is 0 Å². The Bertz CT molecular complexity index is 150. The molecule has 0 amide bonds. The zero-order valence-corrected chi connectivity index (χ0v) is 13.3. The van der Waals surface area contributed by atoms with Crippen LogP contribution in [0.2, 0.25) is 32.2 Å². The molecule has 0 bridgehead atoms. The lowest BCUT2D eigenvalue weighted by Crippen LogP contribution is -2.35. The summed E-state index contributed by atoms with van der Waals surface area (Å²) in [5, 5.41) is 0. The minimum atomic E-state index is -1.35. The van der Waals surface area contributed by atoms with Crippen LogP contribution < -0.4 is 0 Å². The van der Waals surface area contributed by atoms with Crippen molar-refractivity contribution in [1.82, 2.24) is 0 Å². The first kappa shape index (κ1) is 15.4. The maximum atomic E-state index is 6.09. The maximum Gasteiger partial charge on any atom is 0.173 e. The van der Waals surface area contributed by atoms with Crippen LogP contribution in [0.25, 0.3) is 0 Å². The molecule has 0 aliphatic rings. The normalized spacial score (nSPS) is 12.4. The van der Waals surface area contributed by atoms with Gasteiger partial charge in [-0.05, 0) is 45.1 Å². The highest BCUT2D eigenvalue weighted by molar-refractivity contribution is 6.77. The Morgan fingerprint density at radius 1 is 1.07 bits per heavy atom. The van der Waals surface area contributed by atoms with E-state index >= 15 is 0 Å². The van der Waals surface area contributed by atoms with Gasteiger partial charge in [0.05, 0.1) is 0 Å². The van der Waals surface area contributed by atoms with E-state index in [2.05, 4.69) is 33.1 Å². The minimum absolute atomic E-state index is 0.845. The lowest BCUT2D eigenvalue weighted by atomic mass is 10.4. The standard InChI is InChI=1S/C11H28O2Si2/c1-6-7-9-12-10-8-11-15(4,5)13-14(2)3/h14H,6-11H2,1-5H3. The molecule has 0 aromatic rings. The summed E-state index contributed by atoms with van der Waals surface area (Å²) in [6.45, 7) is 13.2. The third kappa shape index (κ3) is 10.6. The third-order valence-electron chi connectivity index (χ3n) is 2.26. The van der Waals surface area contributed by atoms with Gasteiger partial charge in [0.25, 0.3) is 0 Å². The molecule has 0 saturated heterocycles. The second-order valence-corrected chi connectivity index (χ2v) is 12.1. The Morgan fingerprint density at radius 2 is 1.67 bits per heavy atom. The molecule has 0 spiro atoms. The zero-order valence-electron chi connectivity index (χ0n) is 11.1. The van der Waals surface area contributed by atoms with Crippen molar-refractivity contribution in [2.45, 2.75) is 58.4 Å². The molecule has 4 heteroatoms. The summed E-state index contributed by atoms with van der Waals surface area (Å²) in [6, 6.07) is 1.24. The first-order valence-electron chi connectivity index (χ1n) is 6.23. The van der Waals surface area contributed by atoms with E-state index in [4.69, 9.17) is 8.85 Å². The molecule has 0 fully saturated rings. The number of hydrogen-bond acceptors (Lipinski definition) is 2. The summed E-state index contributed by atoms with van der Waals surface area (Å²) in [7, 11) is -2.20. The monoisotopic (exact) mass is 248 g/mol. The van der Waals surface area contributed by atoms with E-state index < -0.39 is 17.4 Å². The Kier molecular flexibility index (Phi) is 8.70. The van der Waals surface area contributed by atoms with E-state index in [0.717, 1.165) is 13.2 Å². The van der Waals surface area contributed by atoms with Crippen LogP contribution in [0.4, 0.5) is 0 Å². The molecule has 0 N–H and O–H groups in total. The SMILES string of the molecule is CCCCOCCC[Si](C)(C)O[SiH](C)C. The Morgan fingerprint density at radius 3 is 2.20 bits per heavy atom. The van der Waals surface area contributed by atoms with E-state index in [0.29, 0.717) is 0 Å². The molecular formula is C11H28O2Si2. The molecule has 0 unspecified atom stereocenters. The highest BCUT2D eigenvalue weighted by atomic mass is 28.4. The van der Waals surface area contributed by atoms with E-state index in [1.165, 1.54) is 25.3 Å². The van der Waals surface area contributed by atoms with E-state index in [9.17, 15) is 0 Å². The first-order valence-corrected chi connectivity index (χ1v) is 12.1. The molecule has 0 rings (SSSR count). The van der Waals surface area contributed by atoms with E-state index in [1.807, 2.05) is 0 Å². The first-order chi connectivity index (χ1) is 6.98. The van der Waals surface area contributed by atoms with Crippen molar-refractivity contribution < 1.29 is 8.85 Å². The summed E-state index contributed by atoms with van der Waals surface area (Å²) in [4.78, 5) is 0. The Hall–Kier alpha value is 0.354. The van der Waals surface area contributed by atoms with Gasteiger partial charge in [0, 0.05) is 13.2 Å². The van der Waals surface area contributed by atoms with Gasteiger partial charge < -0.3 is 8.85 Å². The molecule has 0 aromatic heterocycles. The zero-order chi connectivity index (χ0) is 11.7. The summed E-state index contributed by atoms with van der Waals surface area (Å²) in [5.74, 6) is 0. The van der Waals surface area contributed by atoms with Gasteiger partial charge in [-0.15, -0.1) is 0 Å². The Balaban J connectivity index is 3.40. The quantitative estimate of drug-likeness (QED) is 0.460. The molecule has 0 atom stereocenters. The maximum absolute atomic E-state index is 6.09. The number of ether oxygens (including phenoxy) is 1. The van der Waals surface area contributed by atoms with E-state index in [-0.39, 0.29) is 0 Å². The molecule has 0 saturated carbocycles. The molecule has 0 aromatic carbocycles. The number of hydrogen-bond donors (Lipinski definition) is 0. The molecule has 0 aliphatic carbocycles. The van der Waals surface area contributed by atoms with Crippen molar-refractivity contribution in [3.8, 4) is 0 Å². The van der Waals surface area contributed by atoms with E-state index in [1.54, 1.807) is 0 Å². The molecule has 92 valence electrons. The van der Waals surface area contributed by atoms with Gasteiger partial charge in [0.2, 0.25) is 0 Å². The van der Waals surface area contributed by atoms with Gasteiger partial charge in [-0.25, -0.2) is 0 Å². The minimum Gasteiger partial charge on any atom is -0.458 e. The van der Waals surface area contributed by atoms with Crippen LogP contribution in [0, 0.1) is 0 Å². The van der Waals surface area contributed by atoms with Crippen molar-refractivity contribution in [2.24, 2.45) is 0 Å². The van der Waals surface area contributed by atoms with Crippen molar-refractivity contribution in [1.29, 1.82) is 0 Å². The van der Waals surface area contributed by atoms with Crippen molar-refractivity contribution >= 4 is 17.4 Å². The highest BCUT2D eigenvalue weighted by Gasteiger charge is 2.22. The fourth-order valence-corrected chi connectivity index (χ4v) is 8.22. The molecular weight excluding hydrogens is 220 g/mol. The van der Waals surface area contributed by atoms with Crippen LogP contribution in [-0.4, -0.2) is 30.6 Å². The lowest BCUT2D eigenvalue weighted by Gasteiger charge is -2.25. The summed E-state index contributed by atoms with van der Waals surface area (Å²) in [5.41, 5.74) is 0. The average molecular weight is 249 g/mol. The molecule has 15 heavy (non-hydrogen) atoms. The molecule has 0 radical (unpaired) electrons. The number of unbranched alkanes of at least 4 members (excludes halogenated alkanes) is 1. The van der Waals surface area contributed by atoms with Crippen LogP contribution in [0.1, 0.15) is 26.2 Å². The molecule has 2 nitrogen and oxygen atoms in total. The fourth-order valence-electron chi connectivity index (χ4n) is 1.65. The van der Waals surface area contributed by atoms with Crippen molar-refractivity contribution in [2.75, 3.05) is 13.2 Å². The summed E-state index contributed by atoms with van der Waals surface area (Å²) < 4.78 is 11.6. The van der Waals surface area contributed by atoms with Crippen molar-refractivity contribution in [3.05, 3.63) is 0 Å². The van der Waals surface area contributed by atoms with Crippen LogP contribution >= 0.6 is 0 Å². The van der Waals surface area contributed by atoms with Gasteiger partial charge in [0.15, 0.2) is 17.4 Å². The van der Waals surface area contributed by atoms with Gasteiger partial charge in [-0.1, -0.05) is 13.3 Å². The van der Waals surface area contributed by atoms with Gasteiger partial charge in [-0.2, -0.15) is 0 Å². The smallest absolute Gasteiger partial charge is 0.173 e. The average Bonchev–Trinajstić information content (AvgIpc) is 2.08. The largest absolute Gasteiger partial charge is 0.458 e. The number of rotatable bonds is 9. The van der Waals surface area contributed by atoms with Crippen LogP contribution in [0.15, 0.2) is 0 Å².